The molecule has 1 heterocycles. The van der Waals surface area contributed by atoms with Gasteiger partial charge in [-0.3, -0.25) is 4.90 Å². The van der Waals surface area contributed by atoms with Crippen molar-refractivity contribution >= 4 is 6.09 Å². The van der Waals surface area contributed by atoms with E-state index in [-0.39, 0.29) is 25.5 Å². The molecule has 0 saturated carbocycles. The predicted octanol–water partition coefficient (Wildman–Crippen LogP) is 1.68. The molecule has 1 saturated heterocycles. The molecule has 23 heavy (non-hydrogen) atoms. The van der Waals surface area contributed by atoms with Crippen LogP contribution < -0.4 is 4.74 Å². The highest BCUT2D eigenvalue weighted by atomic mass is 16.7. The third kappa shape index (κ3) is 5.16. The summed E-state index contributed by atoms with van der Waals surface area (Å²) in [6.07, 6.45) is 5.64. The number of cyclic esters (lactones) is 1. The lowest BCUT2D eigenvalue weighted by atomic mass is 10.1. The lowest BCUT2D eigenvalue weighted by Crippen LogP contribution is -2.35. The average molecular weight is 319 g/mol. The first-order chi connectivity index (χ1) is 11.2. The molecule has 2 rings (SSSR count). The quantitative estimate of drug-likeness (QED) is 0.394. The molecule has 1 atom stereocenters. The molecule has 0 bridgehead atoms. The van der Waals surface area contributed by atoms with Crippen LogP contribution in [0.5, 0.6) is 5.75 Å². The van der Waals surface area contributed by atoms with E-state index in [1.165, 1.54) is 0 Å². The van der Waals surface area contributed by atoms with Crippen LogP contribution in [0.25, 0.3) is 0 Å². The third-order valence-corrected chi connectivity index (χ3v) is 3.43. The zero-order valence-corrected chi connectivity index (χ0v) is 13.2. The maximum atomic E-state index is 11.6. The monoisotopic (exact) mass is 319 g/mol. The fraction of sp³-hybridized carbons (Fsp3) is 0.471. The van der Waals surface area contributed by atoms with Crippen LogP contribution in [0.15, 0.2) is 24.3 Å². The molecule has 6 nitrogen and oxygen atoms in total. The highest BCUT2D eigenvalue weighted by Gasteiger charge is 2.32. The van der Waals surface area contributed by atoms with Gasteiger partial charge < -0.3 is 18.9 Å². The van der Waals surface area contributed by atoms with Gasteiger partial charge in [0.25, 0.3) is 0 Å². The maximum absolute atomic E-state index is 11.6. The molecule has 1 fully saturated rings. The van der Waals surface area contributed by atoms with Gasteiger partial charge >= 0.3 is 6.09 Å². The smallest absolute Gasteiger partial charge is 0.411 e. The highest BCUT2D eigenvalue weighted by molar-refractivity contribution is 5.70. The summed E-state index contributed by atoms with van der Waals surface area (Å²) < 4.78 is 20.5. The number of carbonyl (C=O) groups is 1. The first kappa shape index (κ1) is 17.1. The van der Waals surface area contributed by atoms with E-state index < -0.39 is 0 Å². The van der Waals surface area contributed by atoms with Crippen molar-refractivity contribution in [3.8, 4) is 18.1 Å². The van der Waals surface area contributed by atoms with Crippen LogP contribution in [0.4, 0.5) is 4.79 Å². The van der Waals surface area contributed by atoms with Crippen molar-refractivity contribution in [1.82, 2.24) is 4.90 Å². The minimum atomic E-state index is -0.344. The van der Waals surface area contributed by atoms with E-state index in [1.54, 1.807) is 12.0 Å². The fourth-order valence-electron chi connectivity index (χ4n) is 2.31. The lowest BCUT2D eigenvalue weighted by Gasteiger charge is -2.18. The van der Waals surface area contributed by atoms with Gasteiger partial charge in [-0.2, -0.15) is 0 Å². The first-order valence-electron chi connectivity index (χ1n) is 7.40. The number of ether oxygens (including phenoxy) is 4. The maximum Gasteiger partial charge on any atom is 0.411 e. The van der Waals surface area contributed by atoms with Gasteiger partial charge in [0, 0.05) is 7.11 Å². The summed E-state index contributed by atoms with van der Waals surface area (Å²) in [5, 5.41) is 0. The normalized spacial score (nSPS) is 17.0. The number of amides is 1. The van der Waals surface area contributed by atoms with Gasteiger partial charge in [-0.05, 0) is 24.1 Å². The van der Waals surface area contributed by atoms with Gasteiger partial charge in [0.15, 0.2) is 0 Å². The topological polar surface area (TPSA) is 57.2 Å². The number of benzene rings is 1. The minimum Gasteiger partial charge on any atom is -0.491 e. The molecule has 1 aromatic carbocycles. The van der Waals surface area contributed by atoms with Gasteiger partial charge in [-0.25, -0.2) is 4.79 Å². The summed E-state index contributed by atoms with van der Waals surface area (Å²) in [4.78, 5) is 13.2. The number of methoxy groups -OCH3 is 1. The Morgan fingerprint density at radius 2 is 2.13 bits per heavy atom. The van der Waals surface area contributed by atoms with Crippen LogP contribution in [-0.2, 0) is 20.6 Å². The summed E-state index contributed by atoms with van der Waals surface area (Å²) in [5.41, 5.74) is 1.10. The molecule has 0 unspecified atom stereocenters. The third-order valence-electron chi connectivity index (χ3n) is 3.43. The van der Waals surface area contributed by atoms with Crippen LogP contribution in [0.3, 0.4) is 0 Å². The Hall–Kier alpha value is -2.23. The minimum absolute atomic E-state index is 0.0206. The summed E-state index contributed by atoms with van der Waals surface area (Å²) in [6.45, 7) is 1.84. The summed E-state index contributed by atoms with van der Waals surface area (Å²) >= 11 is 0. The second-order valence-electron chi connectivity index (χ2n) is 5.07. The summed E-state index contributed by atoms with van der Waals surface area (Å²) in [5.74, 6) is 3.26. The van der Waals surface area contributed by atoms with Crippen LogP contribution >= 0.6 is 0 Å². The zero-order valence-electron chi connectivity index (χ0n) is 13.2. The molecular weight excluding hydrogens is 298 g/mol. The number of rotatable bonds is 9. The Kier molecular flexibility index (Phi) is 6.73. The molecule has 0 radical (unpaired) electrons. The van der Waals surface area contributed by atoms with E-state index in [1.807, 2.05) is 24.3 Å². The number of hydrogen-bond acceptors (Lipinski definition) is 5. The van der Waals surface area contributed by atoms with Crippen molar-refractivity contribution in [2.75, 3.05) is 40.3 Å². The molecular formula is C17H21NO5. The van der Waals surface area contributed by atoms with Crippen molar-refractivity contribution in [2.45, 2.75) is 12.5 Å². The van der Waals surface area contributed by atoms with Gasteiger partial charge in [-0.1, -0.05) is 18.1 Å². The first-order valence-corrected chi connectivity index (χ1v) is 7.40. The van der Waals surface area contributed by atoms with Gasteiger partial charge in [0.2, 0.25) is 0 Å². The largest absolute Gasteiger partial charge is 0.491 e. The van der Waals surface area contributed by atoms with Crippen molar-refractivity contribution in [1.29, 1.82) is 0 Å². The second kappa shape index (κ2) is 9.03. The fourth-order valence-corrected chi connectivity index (χ4v) is 2.31. The van der Waals surface area contributed by atoms with Crippen LogP contribution in [0, 0.1) is 12.3 Å². The molecule has 1 aromatic rings. The molecule has 1 aliphatic rings. The van der Waals surface area contributed by atoms with Gasteiger partial charge in [-0.15, -0.1) is 6.42 Å². The number of terminal acetylenes is 1. The van der Waals surface area contributed by atoms with Crippen LogP contribution in [-0.4, -0.2) is 57.3 Å². The number of hydrogen-bond donors (Lipinski definition) is 0. The van der Waals surface area contributed by atoms with Crippen molar-refractivity contribution in [2.24, 2.45) is 0 Å². The molecule has 0 N–H and O–H groups in total. The molecule has 0 aromatic heterocycles. The van der Waals surface area contributed by atoms with Gasteiger partial charge in [0.05, 0.1) is 19.2 Å². The Morgan fingerprint density at radius 1 is 1.35 bits per heavy atom. The summed E-state index contributed by atoms with van der Waals surface area (Å²) in [7, 11) is 1.58. The molecule has 124 valence electrons. The predicted molar refractivity (Wildman–Crippen MR) is 84.1 cm³/mol. The Bertz CT molecular complexity index is 537. The van der Waals surface area contributed by atoms with Crippen molar-refractivity contribution in [3.05, 3.63) is 29.8 Å². The SMILES string of the molecule is C#CCN1C(=O)OC[C@@H]1Cc1ccc(OCCOCOC)cc1. The molecule has 1 amide bonds. The van der Waals surface area contributed by atoms with Crippen LogP contribution in [0.2, 0.25) is 0 Å². The van der Waals surface area contributed by atoms with E-state index in [2.05, 4.69) is 5.92 Å². The van der Waals surface area contributed by atoms with Crippen LogP contribution in [0.1, 0.15) is 5.56 Å². The molecule has 0 spiro atoms. The summed E-state index contributed by atoms with van der Waals surface area (Å²) in [6, 6.07) is 7.72. The van der Waals surface area contributed by atoms with Crippen molar-refractivity contribution in [3.63, 3.8) is 0 Å². The number of nitrogens with zero attached hydrogens (tertiary/aromatic N) is 1. The van der Waals surface area contributed by atoms with E-state index >= 15 is 0 Å². The second-order valence-corrected chi connectivity index (χ2v) is 5.07. The molecule has 0 aliphatic carbocycles. The zero-order chi connectivity index (χ0) is 16.5. The van der Waals surface area contributed by atoms with E-state index in [9.17, 15) is 4.79 Å². The lowest BCUT2D eigenvalue weighted by molar-refractivity contribution is -0.0387. The van der Waals surface area contributed by atoms with Gasteiger partial charge in [0.1, 0.15) is 25.8 Å². The Labute approximate surface area is 136 Å². The standard InChI is InChI=1S/C17H21NO5/c1-3-8-18-15(12-23-17(18)19)11-14-4-6-16(7-5-14)22-10-9-21-13-20-2/h1,4-7,15H,8-13H2,2H3/t15-/m0/s1. The van der Waals surface area contributed by atoms with E-state index in [0.29, 0.717) is 26.2 Å². The van der Waals surface area contributed by atoms with E-state index in [0.717, 1.165) is 11.3 Å². The Balaban J connectivity index is 1.80. The average Bonchev–Trinajstić information content (AvgIpc) is 2.90. The Morgan fingerprint density at radius 3 is 2.83 bits per heavy atom. The highest BCUT2D eigenvalue weighted by Crippen LogP contribution is 2.19. The van der Waals surface area contributed by atoms with Crippen molar-refractivity contribution < 1.29 is 23.7 Å². The molecule has 6 heteroatoms. The van der Waals surface area contributed by atoms with E-state index in [4.69, 9.17) is 25.4 Å². The number of carbonyl (C=O) groups excluding carboxylic acids is 1. The molecule has 1 aliphatic heterocycles.